The molecule has 0 spiro atoms. The molecule has 2 aromatic rings. The average molecular weight is 432 g/mol. The number of ether oxygens (including phenoxy) is 1. The van der Waals surface area contributed by atoms with Gasteiger partial charge in [-0.05, 0) is 40.2 Å². The Labute approximate surface area is 168 Å². The van der Waals surface area contributed by atoms with Crippen molar-refractivity contribution < 1.29 is 34.0 Å². The Morgan fingerprint density at radius 3 is 2.55 bits per heavy atom. The maximum Gasteiger partial charge on any atom is 0.359 e. The topological polar surface area (TPSA) is 173 Å². The number of aliphatic hydroxyl groups excluding tert-OH is 2. The van der Waals surface area contributed by atoms with Gasteiger partial charge in [-0.25, -0.2) is 9.97 Å². The Morgan fingerprint density at radius 1 is 1.31 bits per heavy atom. The van der Waals surface area contributed by atoms with Gasteiger partial charge in [0.1, 0.15) is 23.9 Å². The summed E-state index contributed by atoms with van der Waals surface area (Å²) in [5.74, 6) is 0.269. The van der Waals surface area contributed by atoms with E-state index in [1.54, 1.807) is 26.1 Å². The van der Waals surface area contributed by atoms with Gasteiger partial charge in [0.05, 0.1) is 24.2 Å². The van der Waals surface area contributed by atoms with Gasteiger partial charge in [0, 0.05) is 6.20 Å². The molecule has 2 rings (SSSR count). The van der Waals surface area contributed by atoms with E-state index in [9.17, 15) is 24.8 Å². The van der Waals surface area contributed by atoms with Crippen LogP contribution in [0.4, 0.5) is 5.82 Å². The van der Waals surface area contributed by atoms with E-state index in [0.29, 0.717) is 11.0 Å². The number of nitrogens with zero attached hydrogens (tertiary/aromatic N) is 3. The lowest BCUT2D eigenvalue weighted by molar-refractivity contribution is -0.105. The molecule has 0 saturated heterocycles. The molecule has 2 heterocycles. The van der Waals surface area contributed by atoms with Crippen LogP contribution in [0.2, 0.25) is 0 Å². The molecule has 0 radical (unpaired) electrons. The summed E-state index contributed by atoms with van der Waals surface area (Å²) < 4.78 is 24.8. The van der Waals surface area contributed by atoms with Crippen LogP contribution < -0.4 is 5.73 Å². The number of rotatable bonds is 10. The quantitative estimate of drug-likeness (QED) is 0.341. The van der Waals surface area contributed by atoms with Gasteiger partial charge in [-0.15, -0.1) is 0 Å². The van der Waals surface area contributed by atoms with Crippen LogP contribution in [0, 0.1) is 0 Å². The maximum absolute atomic E-state index is 12.2. The van der Waals surface area contributed by atoms with Crippen LogP contribution in [0.3, 0.4) is 0 Å². The molecule has 11 nitrogen and oxygen atoms in total. The number of aliphatic hydroxyl groups is 3. The van der Waals surface area contributed by atoms with Crippen molar-refractivity contribution in [2.24, 2.45) is 0 Å². The molecular weight excluding hydrogens is 403 g/mol. The fourth-order valence-electron chi connectivity index (χ4n) is 2.58. The van der Waals surface area contributed by atoms with Crippen molar-refractivity contribution in [1.82, 2.24) is 14.5 Å². The van der Waals surface area contributed by atoms with Gasteiger partial charge in [0.25, 0.3) is 0 Å². The zero-order chi connectivity index (χ0) is 22.0. The molecular formula is C17H29N4O7P. The molecule has 29 heavy (non-hydrogen) atoms. The third kappa shape index (κ3) is 5.52. The highest BCUT2D eigenvalue weighted by atomic mass is 31.2. The van der Waals surface area contributed by atoms with E-state index in [-0.39, 0.29) is 18.8 Å². The minimum absolute atomic E-state index is 0.0147. The maximum atomic E-state index is 12.2. The molecule has 0 aliphatic heterocycles. The molecule has 6 N–H and O–H groups in total. The summed E-state index contributed by atoms with van der Waals surface area (Å²) in [5.41, 5.74) is 5.14. The predicted molar refractivity (Wildman–Crippen MR) is 106 cm³/mol. The smallest absolute Gasteiger partial charge is 0.359 e. The first kappa shape index (κ1) is 23.7. The van der Waals surface area contributed by atoms with Crippen LogP contribution in [0.25, 0.3) is 11.0 Å². The highest BCUT2D eigenvalue weighted by Crippen LogP contribution is 2.56. The third-order valence-electron chi connectivity index (χ3n) is 4.39. The van der Waals surface area contributed by atoms with Crippen LogP contribution in [-0.4, -0.2) is 65.0 Å². The molecule has 2 aromatic heterocycles. The number of nitrogen functional groups attached to an aromatic ring is 1. The van der Waals surface area contributed by atoms with Gasteiger partial charge in [-0.2, -0.15) is 0 Å². The van der Waals surface area contributed by atoms with Gasteiger partial charge in [0.15, 0.2) is 11.6 Å². The van der Waals surface area contributed by atoms with Gasteiger partial charge in [-0.1, -0.05) is 0 Å². The largest absolute Gasteiger partial charge is 0.394 e. The second-order valence-corrected chi connectivity index (χ2v) is 10.2. The number of hydrogen-bond donors (Lipinski definition) is 5. The highest BCUT2D eigenvalue weighted by molar-refractivity contribution is 7.54. The molecule has 0 bridgehead atoms. The van der Waals surface area contributed by atoms with Crippen molar-refractivity contribution in [1.29, 1.82) is 0 Å². The van der Waals surface area contributed by atoms with Crippen molar-refractivity contribution in [2.75, 3.05) is 18.9 Å². The van der Waals surface area contributed by atoms with Crippen LogP contribution >= 0.6 is 7.60 Å². The molecule has 3 atom stereocenters. The molecule has 0 amide bonds. The highest BCUT2D eigenvalue weighted by Gasteiger charge is 2.43. The standard InChI is InChI=1S/C17H29N4O7P/c1-16(2,28-29(25,26)17(3,4)24)6-8-27-15(12(23)9-22)21-7-5-11-13(18)19-10-20-14(11)21/h5,7,10,12,15,22-24H,6,8-9H2,1-4H3,(H,25,26)(H2,18,19,20)/t12-,15-/m1/s1. The number of aromatic nitrogens is 3. The summed E-state index contributed by atoms with van der Waals surface area (Å²) in [6, 6.07) is 1.67. The normalized spacial score (nSPS) is 17.2. The number of fused-ring (bicyclic) bond motifs is 1. The van der Waals surface area contributed by atoms with Crippen LogP contribution in [0.15, 0.2) is 18.6 Å². The summed E-state index contributed by atoms with van der Waals surface area (Å²) in [4.78, 5) is 18.0. The Bertz CT molecular complexity index is 880. The molecule has 0 aliphatic rings. The Kier molecular flexibility index (Phi) is 7.06. The molecule has 12 heteroatoms. The lowest BCUT2D eigenvalue weighted by Gasteiger charge is -2.33. The van der Waals surface area contributed by atoms with Gasteiger partial charge in [0.2, 0.25) is 0 Å². The summed E-state index contributed by atoms with van der Waals surface area (Å²) in [6.07, 6.45) is 0.808. The van der Waals surface area contributed by atoms with Crippen molar-refractivity contribution in [3.63, 3.8) is 0 Å². The van der Waals surface area contributed by atoms with Crippen LogP contribution in [-0.2, 0) is 13.8 Å². The summed E-state index contributed by atoms with van der Waals surface area (Å²) in [6.45, 7) is 5.01. The first-order chi connectivity index (χ1) is 13.3. The van der Waals surface area contributed by atoms with E-state index in [0.717, 1.165) is 0 Å². The third-order valence-corrected chi connectivity index (χ3v) is 6.51. The zero-order valence-electron chi connectivity index (χ0n) is 16.9. The van der Waals surface area contributed by atoms with Crippen molar-refractivity contribution in [3.05, 3.63) is 18.6 Å². The van der Waals surface area contributed by atoms with E-state index in [1.165, 1.54) is 24.7 Å². The second kappa shape index (κ2) is 8.65. The van der Waals surface area contributed by atoms with E-state index in [1.807, 2.05) is 0 Å². The molecule has 0 aromatic carbocycles. The second-order valence-electron chi connectivity index (χ2n) is 7.85. The van der Waals surface area contributed by atoms with Crippen molar-refractivity contribution in [2.45, 2.75) is 57.4 Å². The summed E-state index contributed by atoms with van der Waals surface area (Å²) in [5, 5.41) is 28.1. The minimum atomic E-state index is -4.30. The Balaban J connectivity index is 2.14. The zero-order valence-corrected chi connectivity index (χ0v) is 17.8. The van der Waals surface area contributed by atoms with E-state index in [4.69, 9.17) is 15.0 Å². The molecule has 164 valence electrons. The van der Waals surface area contributed by atoms with Crippen LogP contribution in [0.1, 0.15) is 40.3 Å². The predicted octanol–water partition coefficient (Wildman–Crippen LogP) is 0.981. The monoisotopic (exact) mass is 432 g/mol. The van der Waals surface area contributed by atoms with Crippen LogP contribution in [0.5, 0.6) is 0 Å². The van der Waals surface area contributed by atoms with E-state index in [2.05, 4.69) is 9.97 Å². The SMILES string of the molecule is CC(C)(CCO[C@H]([C@H](O)CO)n1ccc2c(N)ncnc21)OP(=O)(O)C(C)(C)O. The lowest BCUT2D eigenvalue weighted by Crippen LogP contribution is -2.33. The molecule has 1 unspecified atom stereocenters. The molecule has 0 fully saturated rings. The van der Waals surface area contributed by atoms with Gasteiger partial charge in [-0.3, -0.25) is 4.57 Å². The number of anilines is 1. The average Bonchev–Trinajstić information content (AvgIpc) is 3.01. The fourth-order valence-corrected chi connectivity index (χ4v) is 3.57. The summed E-state index contributed by atoms with van der Waals surface area (Å²) >= 11 is 0. The summed E-state index contributed by atoms with van der Waals surface area (Å²) in [7, 11) is -4.30. The molecule has 0 saturated carbocycles. The van der Waals surface area contributed by atoms with Gasteiger partial charge >= 0.3 is 7.60 Å². The first-order valence-corrected chi connectivity index (χ1v) is 10.6. The number of nitrogens with two attached hydrogens (primary N) is 1. The van der Waals surface area contributed by atoms with Crippen molar-refractivity contribution in [3.8, 4) is 0 Å². The number of hydrogen-bond acceptors (Lipinski definition) is 9. The fraction of sp³-hybridized carbons (Fsp3) is 0.647. The van der Waals surface area contributed by atoms with Gasteiger partial charge < -0.3 is 39.8 Å². The first-order valence-electron chi connectivity index (χ1n) is 9.02. The van der Waals surface area contributed by atoms with E-state index >= 15 is 0 Å². The van der Waals surface area contributed by atoms with E-state index < -0.39 is 37.5 Å². The Morgan fingerprint density at radius 2 is 1.97 bits per heavy atom. The lowest BCUT2D eigenvalue weighted by atomic mass is 10.1. The van der Waals surface area contributed by atoms with Crippen molar-refractivity contribution >= 4 is 24.4 Å². The molecule has 0 aliphatic carbocycles. The Hall–Kier alpha value is -1.59. The minimum Gasteiger partial charge on any atom is -0.394 e.